The molecular weight excluding hydrogens is 479 g/mol. The number of rotatable bonds is 10. The van der Waals surface area contributed by atoms with Gasteiger partial charge >= 0.3 is 0 Å². The first-order valence-electron chi connectivity index (χ1n) is 10.1. The number of ether oxygens (including phenoxy) is 1. The fraction of sp³-hybridized carbons (Fsp3) is 0.571. The summed E-state index contributed by atoms with van der Waals surface area (Å²) in [5.74, 6) is 0.882. The monoisotopic (exact) mass is 512 g/mol. The van der Waals surface area contributed by atoms with Crippen LogP contribution in [0.5, 0.6) is 0 Å². The molecule has 0 aliphatic heterocycles. The second-order valence-electron chi connectivity index (χ2n) is 7.56. The zero-order chi connectivity index (χ0) is 19.7. The maximum atomic E-state index is 5.30. The number of nitrogens with one attached hydrogen (secondary N) is 2. The van der Waals surface area contributed by atoms with Crippen molar-refractivity contribution in [2.24, 2.45) is 10.4 Å². The Morgan fingerprint density at radius 3 is 2.76 bits per heavy atom. The molecule has 1 heterocycles. The number of aromatic nitrogens is 3. The van der Waals surface area contributed by atoms with Crippen LogP contribution in [0.4, 0.5) is 0 Å². The topological polar surface area (TPSA) is 76.4 Å². The van der Waals surface area contributed by atoms with Crippen LogP contribution in [0, 0.1) is 5.41 Å². The van der Waals surface area contributed by atoms with E-state index in [-0.39, 0.29) is 24.0 Å². The SMILES string of the molecule is CCNC(=NCc1cccc(Cn2cncn2)c1)NCC1(CCOC)CCC1.I. The van der Waals surface area contributed by atoms with Crippen molar-refractivity contribution >= 4 is 29.9 Å². The van der Waals surface area contributed by atoms with E-state index in [9.17, 15) is 0 Å². The van der Waals surface area contributed by atoms with E-state index in [0.29, 0.717) is 12.0 Å². The van der Waals surface area contributed by atoms with Crippen molar-refractivity contribution in [2.45, 2.75) is 45.7 Å². The molecule has 0 unspecified atom stereocenters. The first kappa shape index (κ1) is 23.6. The van der Waals surface area contributed by atoms with Crippen LogP contribution in [0.15, 0.2) is 41.9 Å². The average Bonchev–Trinajstić information content (AvgIpc) is 3.18. The summed E-state index contributed by atoms with van der Waals surface area (Å²) in [6, 6.07) is 8.48. The molecule has 1 saturated carbocycles. The minimum atomic E-state index is 0. The first-order chi connectivity index (χ1) is 13.7. The number of benzene rings is 1. The molecule has 0 bridgehead atoms. The summed E-state index contributed by atoms with van der Waals surface area (Å²) in [5, 5.41) is 11.1. The summed E-state index contributed by atoms with van der Waals surface area (Å²) < 4.78 is 7.12. The van der Waals surface area contributed by atoms with Crippen LogP contribution in [-0.2, 0) is 17.8 Å². The molecule has 29 heavy (non-hydrogen) atoms. The van der Waals surface area contributed by atoms with Gasteiger partial charge in [0.25, 0.3) is 0 Å². The van der Waals surface area contributed by atoms with Crippen molar-refractivity contribution in [2.75, 3.05) is 26.8 Å². The molecule has 2 aromatic rings. The van der Waals surface area contributed by atoms with Crippen molar-refractivity contribution in [3.63, 3.8) is 0 Å². The van der Waals surface area contributed by atoms with E-state index in [1.54, 1.807) is 19.8 Å². The molecule has 1 aromatic carbocycles. The lowest BCUT2D eigenvalue weighted by Crippen LogP contribution is -2.46. The van der Waals surface area contributed by atoms with Crippen LogP contribution in [-0.4, -0.2) is 47.5 Å². The molecule has 1 fully saturated rings. The summed E-state index contributed by atoms with van der Waals surface area (Å²) in [6.07, 6.45) is 8.26. The Hall–Kier alpha value is -1.68. The van der Waals surface area contributed by atoms with Gasteiger partial charge in [0.2, 0.25) is 0 Å². The highest BCUT2D eigenvalue weighted by molar-refractivity contribution is 14.0. The van der Waals surface area contributed by atoms with Crippen LogP contribution in [0.2, 0.25) is 0 Å². The minimum absolute atomic E-state index is 0. The van der Waals surface area contributed by atoms with E-state index in [2.05, 4.69) is 51.9 Å². The maximum absolute atomic E-state index is 5.30. The zero-order valence-electron chi connectivity index (χ0n) is 17.4. The van der Waals surface area contributed by atoms with Crippen LogP contribution >= 0.6 is 24.0 Å². The molecule has 1 aromatic heterocycles. The largest absolute Gasteiger partial charge is 0.385 e. The number of aliphatic imine (C=N–C) groups is 1. The van der Waals surface area contributed by atoms with Gasteiger partial charge in [0, 0.05) is 26.8 Å². The van der Waals surface area contributed by atoms with E-state index < -0.39 is 0 Å². The van der Waals surface area contributed by atoms with E-state index in [0.717, 1.165) is 38.6 Å². The van der Waals surface area contributed by atoms with Crippen LogP contribution in [0.1, 0.15) is 43.7 Å². The number of nitrogens with zero attached hydrogens (tertiary/aromatic N) is 4. The normalized spacial score (nSPS) is 15.3. The van der Waals surface area contributed by atoms with Gasteiger partial charge in [0.05, 0.1) is 13.1 Å². The van der Waals surface area contributed by atoms with Crippen LogP contribution < -0.4 is 10.6 Å². The van der Waals surface area contributed by atoms with E-state index in [4.69, 9.17) is 9.73 Å². The minimum Gasteiger partial charge on any atom is -0.385 e. The third kappa shape index (κ3) is 7.26. The van der Waals surface area contributed by atoms with Crippen molar-refractivity contribution in [3.8, 4) is 0 Å². The first-order valence-corrected chi connectivity index (χ1v) is 10.1. The van der Waals surface area contributed by atoms with Gasteiger partial charge in [-0.1, -0.05) is 30.7 Å². The Labute approximate surface area is 190 Å². The van der Waals surface area contributed by atoms with Gasteiger partial charge < -0.3 is 15.4 Å². The Morgan fingerprint density at radius 1 is 1.28 bits per heavy atom. The number of halogens is 1. The van der Waals surface area contributed by atoms with Crippen molar-refractivity contribution in [1.29, 1.82) is 0 Å². The third-order valence-corrected chi connectivity index (χ3v) is 5.45. The van der Waals surface area contributed by atoms with Crippen LogP contribution in [0.25, 0.3) is 0 Å². The predicted molar refractivity (Wildman–Crippen MR) is 127 cm³/mol. The molecule has 0 atom stereocenters. The lowest BCUT2D eigenvalue weighted by atomic mass is 9.67. The highest BCUT2D eigenvalue weighted by Crippen LogP contribution is 2.43. The highest BCUT2D eigenvalue weighted by atomic mass is 127. The van der Waals surface area contributed by atoms with Crippen LogP contribution in [0.3, 0.4) is 0 Å². The van der Waals surface area contributed by atoms with Gasteiger partial charge in [0.1, 0.15) is 12.7 Å². The Morgan fingerprint density at radius 2 is 2.10 bits per heavy atom. The summed E-state index contributed by atoms with van der Waals surface area (Å²) in [6.45, 7) is 6.09. The van der Waals surface area contributed by atoms with Gasteiger partial charge in [-0.05, 0) is 42.7 Å². The second kappa shape index (κ2) is 12.1. The third-order valence-electron chi connectivity index (χ3n) is 5.45. The van der Waals surface area contributed by atoms with Crippen molar-refractivity contribution in [1.82, 2.24) is 25.4 Å². The Kier molecular flexibility index (Phi) is 9.86. The summed E-state index contributed by atoms with van der Waals surface area (Å²) in [7, 11) is 1.78. The molecule has 8 heteroatoms. The maximum Gasteiger partial charge on any atom is 0.191 e. The molecule has 0 spiro atoms. The van der Waals surface area contributed by atoms with E-state index in [1.807, 2.05) is 4.68 Å². The highest BCUT2D eigenvalue weighted by Gasteiger charge is 2.36. The van der Waals surface area contributed by atoms with Gasteiger partial charge in [-0.2, -0.15) is 5.10 Å². The van der Waals surface area contributed by atoms with Crippen molar-refractivity contribution in [3.05, 3.63) is 48.0 Å². The zero-order valence-corrected chi connectivity index (χ0v) is 19.8. The average molecular weight is 512 g/mol. The number of hydrogen-bond acceptors (Lipinski definition) is 4. The number of methoxy groups -OCH3 is 1. The molecule has 2 N–H and O–H groups in total. The van der Waals surface area contributed by atoms with E-state index in [1.165, 1.54) is 30.4 Å². The number of guanidine groups is 1. The lowest BCUT2D eigenvalue weighted by Gasteiger charge is -2.42. The molecule has 7 nitrogen and oxygen atoms in total. The van der Waals surface area contributed by atoms with Gasteiger partial charge in [0.15, 0.2) is 5.96 Å². The second-order valence-corrected chi connectivity index (χ2v) is 7.56. The van der Waals surface area contributed by atoms with Gasteiger partial charge in [-0.25, -0.2) is 14.7 Å². The summed E-state index contributed by atoms with van der Waals surface area (Å²) >= 11 is 0. The number of hydrogen-bond donors (Lipinski definition) is 2. The standard InChI is InChI=1S/C21H32N6O.HI/c1-3-23-20(25-15-21(8-5-9-21)10-11-28-2)24-13-18-6-4-7-19(12-18)14-27-17-22-16-26-27;/h4,6-7,12,16-17H,3,5,8-11,13-15H2,1-2H3,(H2,23,24,25);1H. The smallest absolute Gasteiger partial charge is 0.191 e. The summed E-state index contributed by atoms with van der Waals surface area (Å²) in [4.78, 5) is 8.79. The van der Waals surface area contributed by atoms with Gasteiger partial charge in [-0.15, -0.1) is 24.0 Å². The quantitative estimate of drug-likeness (QED) is 0.291. The van der Waals surface area contributed by atoms with Gasteiger partial charge in [-0.3, -0.25) is 0 Å². The molecule has 0 amide bonds. The molecule has 0 radical (unpaired) electrons. The predicted octanol–water partition coefficient (Wildman–Crippen LogP) is 3.21. The van der Waals surface area contributed by atoms with Crippen molar-refractivity contribution < 1.29 is 4.74 Å². The van der Waals surface area contributed by atoms with E-state index >= 15 is 0 Å². The summed E-state index contributed by atoms with van der Waals surface area (Å²) in [5.41, 5.74) is 2.75. The molecule has 0 saturated heterocycles. The Balaban J connectivity index is 0.00000300. The molecule has 160 valence electrons. The fourth-order valence-corrected chi connectivity index (χ4v) is 3.62. The molecule has 1 aliphatic carbocycles. The Bertz CT molecular complexity index is 745. The fourth-order valence-electron chi connectivity index (χ4n) is 3.62. The molecule has 3 rings (SSSR count). The lowest BCUT2D eigenvalue weighted by molar-refractivity contribution is 0.0732. The molecular formula is C21H33IN6O. The molecule has 1 aliphatic rings.